The molecule has 0 heterocycles. The summed E-state index contributed by atoms with van der Waals surface area (Å²) < 4.78 is 22.5. The molecule has 0 radical (unpaired) electrons. The van der Waals surface area contributed by atoms with E-state index in [0.29, 0.717) is 5.56 Å². The van der Waals surface area contributed by atoms with Crippen molar-refractivity contribution in [3.63, 3.8) is 0 Å². The van der Waals surface area contributed by atoms with Gasteiger partial charge in [0, 0.05) is 5.56 Å². The van der Waals surface area contributed by atoms with E-state index >= 15 is 0 Å². The molecule has 96 valence electrons. The second-order valence-corrected chi connectivity index (χ2v) is 5.25. The molecule has 1 aromatic carbocycles. The van der Waals surface area contributed by atoms with Crippen LogP contribution in [0.15, 0.2) is 23.1 Å². The van der Waals surface area contributed by atoms with Gasteiger partial charge in [-0.1, -0.05) is 5.92 Å². The minimum Gasteiger partial charge on any atom is -0.341 e. The highest BCUT2D eigenvalue weighted by molar-refractivity contribution is 7.89. The fourth-order valence-corrected chi connectivity index (χ4v) is 2.00. The van der Waals surface area contributed by atoms with E-state index in [1.807, 2.05) is 0 Å². The molecule has 0 aliphatic carbocycles. The Balaban J connectivity index is 3.06. The van der Waals surface area contributed by atoms with Gasteiger partial charge in [-0.15, -0.1) is 5.92 Å². The summed E-state index contributed by atoms with van der Waals surface area (Å²) in [6, 6.07) is 4.25. The maximum Gasteiger partial charge on any atom is 0.252 e. The van der Waals surface area contributed by atoms with Crippen molar-refractivity contribution < 1.29 is 13.2 Å². The van der Waals surface area contributed by atoms with Crippen LogP contribution < -0.4 is 10.5 Å². The Morgan fingerprint density at radius 3 is 2.61 bits per heavy atom. The zero-order chi connectivity index (χ0) is 13.8. The van der Waals surface area contributed by atoms with Crippen molar-refractivity contribution in [2.24, 2.45) is 5.14 Å². The monoisotopic (exact) mass is 266 g/mol. The minimum atomic E-state index is -3.81. The predicted molar refractivity (Wildman–Crippen MR) is 68.3 cm³/mol. The van der Waals surface area contributed by atoms with Crippen molar-refractivity contribution in [2.45, 2.75) is 18.7 Å². The molecule has 1 rings (SSSR count). The van der Waals surface area contributed by atoms with E-state index in [0.717, 1.165) is 0 Å². The van der Waals surface area contributed by atoms with Crippen molar-refractivity contribution in [2.75, 3.05) is 6.54 Å². The summed E-state index contributed by atoms with van der Waals surface area (Å²) in [7, 11) is -3.81. The van der Waals surface area contributed by atoms with Crippen molar-refractivity contribution in [1.29, 1.82) is 0 Å². The molecule has 5 nitrogen and oxygen atoms in total. The fraction of sp³-hybridized carbons (Fsp3) is 0.250. The molecule has 1 aromatic rings. The maximum atomic E-state index is 11.7. The van der Waals surface area contributed by atoms with Gasteiger partial charge in [0.2, 0.25) is 10.0 Å². The zero-order valence-corrected chi connectivity index (χ0v) is 11.0. The van der Waals surface area contributed by atoms with Crippen LogP contribution in [-0.4, -0.2) is 20.9 Å². The van der Waals surface area contributed by atoms with Crippen LogP contribution >= 0.6 is 0 Å². The zero-order valence-electron chi connectivity index (χ0n) is 10.1. The van der Waals surface area contributed by atoms with Gasteiger partial charge in [-0.05, 0) is 37.6 Å². The number of aryl methyl sites for hydroxylation is 1. The van der Waals surface area contributed by atoms with Gasteiger partial charge in [0.15, 0.2) is 0 Å². The topological polar surface area (TPSA) is 89.3 Å². The summed E-state index contributed by atoms with van der Waals surface area (Å²) in [5.41, 5.74) is 0.894. The highest BCUT2D eigenvalue weighted by atomic mass is 32.2. The number of hydrogen-bond acceptors (Lipinski definition) is 3. The predicted octanol–water partition coefficient (Wildman–Crippen LogP) is 0.396. The number of nitrogens with one attached hydrogen (secondary N) is 1. The van der Waals surface area contributed by atoms with Crippen LogP contribution in [0.3, 0.4) is 0 Å². The van der Waals surface area contributed by atoms with Crippen LogP contribution in [0, 0.1) is 18.8 Å². The molecular formula is C12H14N2O3S. The van der Waals surface area contributed by atoms with E-state index in [-0.39, 0.29) is 22.9 Å². The van der Waals surface area contributed by atoms with Gasteiger partial charge in [-0.25, -0.2) is 13.6 Å². The summed E-state index contributed by atoms with van der Waals surface area (Å²) in [6.07, 6.45) is 0. The average molecular weight is 266 g/mol. The van der Waals surface area contributed by atoms with E-state index in [2.05, 4.69) is 17.2 Å². The number of primary sulfonamides is 1. The van der Waals surface area contributed by atoms with E-state index in [4.69, 9.17) is 5.14 Å². The Bertz CT molecular complexity index is 624. The molecule has 0 bridgehead atoms. The molecule has 1 amide bonds. The average Bonchev–Trinajstić information content (AvgIpc) is 2.27. The Kier molecular flexibility index (Phi) is 4.48. The minimum absolute atomic E-state index is 0.0748. The largest absolute Gasteiger partial charge is 0.341 e. The van der Waals surface area contributed by atoms with E-state index in [1.54, 1.807) is 19.9 Å². The quantitative estimate of drug-likeness (QED) is 0.776. The Morgan fingerprint density at radius 1 is 1.39 bits per heavy atom. The van der Waals surface area contributed by atoms with Crippen molar-refractivity contribution in [3.8, 4) is 11.8 Å². The molecule has 0 aliphatic heterocycles. The third kappa shape index (κ3) is 3.87. The first kappa shape index (κ1) is 14.2. The summed E-state index contributed by atoms with van der Waals surface area (Å²) in [5, 5.41) is 7.59. The molecule has 0 saturated carbocycles. The first-order valence-electron chi connectivity index (χ1n) is 5.17. The third-order valence-electron chi connectivity index (χ3n) is 2.16. The second-order valence-electron chi connectivity index (χ2n) is 3.69. The summed E-state index contributed by atoms with van der Waals surface area (Å²) >= 11 is 0. The standard InChI is InChI=1S/C12H14N2O3S/c1-3-4-5-14-12(15)10-6-9(2)7-11(8-10)18(13,16)17/h6-8H,5H2,1-2H3,(H,14,15)(H2,13,16,17). The fourth-order valence-electron chi connectivity index (χ4n) is 1.36. The molecule has 0 aliphatic rings. The van der Waals surface area contributed by atoms with Gasteiger partial charge in [0.1, 0.15) is 0 Å². The normalized spacial score (nSPS) is 10.4. The molecule has 3 N–H and O–H groups in total. The number of benzene rings is 1. The first-order valence-corrected chi connectivity index (χ1v) is 6.71. The lowest BCUT2D eigenvalue weighted by molar-refractivity contribution is 0.0958. The molecule has 0 fully saturated rings. The van der Waals surface area contributed by atoms with E-state index in [1.165, 1.54) is 12.1 Å². The van der Waals surface area contributed by atoms with Crippen LogP contribution in [0.5, 0.6) is 0 Å². The van der Waals surface area contributed by atoms with Gasteiger partial charge >= 0.3 is 0 Å². The molecule has 0 spiro atoms. The maximum absolute atomic E-state index is 11.7. The van der Waals surface area contributed by atoms with Crippen LogP contribution in [0.1, 0.15) is 22.8 Å². The van der Waals surface area contributed by atoms with Gasteiger partial charge in [-0.2, -0.15) is 0 Å². The Labute approximate surface area is 106 Å². The number of nitrogens with two attached hydrogens (primary N) is 1. The summed E-state index contributed by atoms with van der Waals surface area (Å²) in [4.78, 5) is 11.7. The van der Waals surface area contributed by atoms with Crippen molar-refractivity contribution in [1.82, 2.24) is 5.32 Å². The highest BCUT2D eigenvalue weighted by Crippen LogP contribution is 2.13. The van der Waals surface area contributed by atoms with Crippen LogP contribution in [0.2, 0.25) is 0 Å². The lowest BCUT2D eigenvalue weighted by atomic mass is 10.1. The lowest BCUT2D eigenvalue weighted by Gasteiger charge is -2.06. The molecule has 0 unspecified atom stereocenters. The number of carbonyl (C=O) groups is 1. The van der Waals surface area contributed by atoms with Crippen LogP contribution in [0.4, 0.5) is 0 Å². The van der Waals surface area contributed by atoms with Gasteiger partial charge in [-0.3, -0.25) is 4.79 Å². The smallest absolute Gasteiger partial charge is 0.252 e. The Morgan fingerprint density at radius 2 is 2.06 bits per heavy atom. The lowest BCUT2D eigenvalue weighted by Crippen LogP contribution is -2.24. The van der Waals surface area contributed by atoms with Crippen molar-refractivity contribution in [3.05, 3.63) is 29.3 Å². The summed E-state index contributed by atoms with van der Waals surface area (Å²) in [5.74, 6) is 4.94. The second kappa shape index (κ2) is 5.67. The van der Waals surface area contributed by atoms with Crippen molar-refractivity contribution >= 4 is 15.9 Å². The molecule has 18 heavy (non-hydrogen) atoms. The molecule has 0 saturated heterocycles. The van der Waals surface area contributed by atoms with Crippen LogP contribution in [0.25, 0.3) is 0 Å². The number of carbonyl (C=O) groups excluding carboxylic acids is 1. The van der Waals surface area contributed by atoms with Gasteiger partial charge in [0.25, 0.3) is 5.91 Å². The number of hydrogen-bond donors (Lipinski definition) is 2. The van der Waals surface area contributed by atoms with Gasteiger partial charge < -0.3 is 5.32 Å². The first-order chi connectivity index (χ1) is 8.34. The van der Waals surface area contributed by atoms with E-state index < -0.39 is 10.0 Å². The molecule has 0 atom stereocenters. The number of rotatable bonds is 3. The highest BCUT2D eigenvalue weighted by Gasteiger charge is 2.13. The summed E-state index contributed by atoms with van der Waals surface area (Å²) in [6.45, 7) is 3.57. The number of sulfonamides is 1. The molecular weight excluding hydrogens is 252 g/mol. The van der Waals surface area contributed by atoms with Gasteiger partial charge in [0.05, 0.1) is 11.4 Å². The molecule has 0 aromatic heterocycles. The number of amides is 1. The Hall–Kier alpha value is -1.84. The molecule has 6 heteroatoms. The van der Waals surface area contributed by atoms with Crippen LogP contribution in [-0.2, 0) is 10.0 Å². The van der Waals surface area contributed by atoms with E-state index in [9.17, 15) is 13.2 Å². The third-order valence-corrected chi connectivity index (χ3v) is 3.05. The SMILES string of the molecule is CC#CCNC(=O)c1cc(C)cc(S(N)(=O)=O)c1.